The van der Waals surface area contributed by atoms with Crippen LogP contribution in [-0.4, -0.2) is 27.2 Å². The summed E-state index contributed by atoms with van der Waals surface area (Å²) in [7, 11) is 0. The highest BCUT2D eigenvalue weighted by atomic mass is 16.2. The van der Waals surface area contributed by atoms with Gasteiger partial charge in [0.15, 0.2) is 0 Å². The Hall–Kier alpha value is -2.63. The van der Waals surface area contributed by atoms with Gasteiger partial charge in [-0.2, -0.15) is 5.10 Å². The Kier molecular flexibility index (Phi) is 4.49. The first-order valence-corrected chi connectivity index (χ1v) is 9.40. The second-order valence-corrected chi connectivity index (χ2v) is 7.17. The molecule has 26 heavy (non-hydrogen) atoms. The Morgan fingerprint density at radius 3 is 2.85 bits per heavy atom. The maximum Gasteiger partial charge on any atom is 0.262 e. The van der Waals surface area contributed by atoms with Gasteiger partial charge < -0.3 is 9.88 Å². The number of rotatable bonds is 4. The number of carbonyl (C=O) groups excluding carboxylic acids is 1. The molecular formula is C20H24N4O2. The molecule has 0 aliphatic heterocycles. The van der Waals surface area contributed by atoms with Crippen LogP contribution in [0.4, 0.5) is 0 Å². The van der Waals surface area contributed by atoms with E-state index in [1.165, 1.54) is 6.42 Å². The predicted molar refractivity (Wildman–Crippen MR) is 102 cm³/mol. The van der Waals surface area contributed by atoms with E-state index in [0.717, 1.165) is 42.3 Å². The molecule has 6 nitrogen and oxygen atoms in total. The van der Waals surface area contributed by atoms with Crippen molar-refractivity contribution in [2.75, 3.05) is 6.54 Å². The van der Waals surface area contributed by atoms with Gasteiger partial charge >= 0.3 is 0 Å². The number of H-pyrrole nitrogens is 1. The van der Waals surface area contributed by atoms with Gasteiger partial charge in [0.05, 0.1) is 10.9 Å². The Labute approximate surface area is 151 Å². The van der Waals surface area contributed by atoms with Gasteiger partial charge in [-0.25, -0.2) is 0 Å². The molecule has 3 aromatic rings. The Morgan fingerprint density at radius 1 is 1.27 bits per heavy atom. The summed E-state index contributed by atoms with van der Waals surface area (Å²) in [4.78, 5) is 25.3. The van der Waals surface area contributed by atoms with Crippen molar-refractivity contribution in [1.82, 2.24) is 20.1 Å². The third-order valence-corrected chi connectivity index (χ3v) is 5.47. The fourth-order valence-electron chi connectivity index (χ4n) is 4.06. The van der Waals surface area contributed by atoms with Crippen molar-refractivity contribution in [2.45, 2.75) is 45.6 Å². The second kappa shape index (κ2) is 6.94. The number of benzene rings is 1. The van der Waals surface area contributed by atoms with Crippen LogP contribution in [0.3, 0.4) is 0 Å². The number of pyridine rings is 1. The number of aromatic amines is 1. The fraction of sp³-hybridized carbons (Fsp3) is 0.450. The molecule has 1 aliphatic rings. The molecule has 0 bridgehead atoms. The Morgan fingerprint density at radius 2 is 2.04 bits per heavy atom. The summed E-state index contributed by atoms with van der Waals surface area (Å²) >= 11 is 0. The molecule has 0 unspecified atom stereocenters. The Bertz CT molecular complexity index is 1010. The average Bonchev–Trinajstić information content (AvgIpc) is 3.07. The van der Waals surface area contributed by atoms with Crippen molar-refractivity contribution in [1.29, 1.82) is 0 Å². The molecule has 2 aromatic heterocycles. The molecule has 2 N–H and O–H groups in total. The first kappa shape index (κ1) is 16.8. The maximum atomic E-state index is 13.0. The van der Waals surface area contributed by atoms with Crippen molar-refractivity contribution in [3.05, 3.63) is 40.3 Å². The van der Waals surface area contributed by atoms with E-state index in [4.69, 9.17) is 0 Å². The molecule has 1 aromatic carbocycles. The lowest BCUT2D eigenvalue weighted by Gasteiger charge is -2.21. The van der Waals surface area contributed by atoms with Gasteiger partial charge in [-0.15, -0.1) is 0 Å². The van der Waals surface area contributed by atoms with Gasteiger partial charge in [0.1, 0.15) is 5.52 Å². The number of aryl methyl sites for hydroxylation is 1. The first-order valence-electron chi connectivity index (χ1n) is 9.40. The van der Waals surface area contributed by atoms with Gasteiger partial charge in [-0.3, -0.25) is 14.7 Å². The molecule has 1 fully saturated rings. The van der Waals surface area contributed by atoms with Crippen molar-refractivity contribution < 1.29 is 4.79 Å². The SMILES string of the molecule is Cc1[nH]nc2c1c(=O)n(CCNC(=O)C1CCCCC1)c1ccccc21. The standard InChI is InChI=1S/C20H24N4O2/c1-13-17-18(23-22-13)15-9-5-6-10-16(15)24(20(17)26)12-11-21-19(25)14-7-3-2-4-8-14/h5-6,9-10,14H,2-4,7-8,11-12H2,1H3,(H,21,25)(H,22,23). The van der Waals surface area contributed by atoms with E-state index in [9.17, 15) is 9.59 Å². The number of nitrogens with zero attached hydrogens (tertiary/aromatic N) is 2. The van der Waals surface area contributed by atoms with E-state index in [2.05, 4.69) is 15.5 Å². The van der Waals surface area contributed by atoms with Crippen LogP contribution >= 0.6 is 0 Å². The molecule has 1 saturated carbocycles. The highest BCUT2D eigenvalue weighted by molar-refractivity contribution is 6.03. The number of nitrogens with one attached hydrogen (secondary N) is 2. The number of fused-ring (bicyclic) bond motifs is 3. The third-order valence-electron chi connectivity index (χ3n) is 5.47. The second-order valence-electron chi connectivity index (χ2n) is 7.17. The van der Waals surface area contributed by atoms with Crippen molar-refractivity contribution in [2.24, 2.45) is 5.92 Å². The van der Waals surface area contributed by atoms with E-state index in [-0.39, 0.29) is 17.4 Å². The van der Waals surface area contributed by atoms with E-state index in [0.29, 0.717) is 24.0 Å². The topological polar surface area (TPSA) is 79.8 Å². The summed E-state index contributed by atoms with van der Waals surface area (Å²) in [6.07, 6.45) is 5.47. The zero-order valence-corrected chi connectivity index (χ0v) is 15.0. The van der Waals surface area contributed by atoms with Crippen LogP contribution in [0.2, 0.25) is 0 Å². The summed E-state index contributed by atoms with van der Waals surface area (Å²) in [5, 5.41) is 11.8. The molecule has 2 heterocycles. The predicted octanol–water partition coefficient (Wildman–Crippen LogP) is 2.88. The molecule has 136 valence electrons. The van der Waals surface area contributed by atoms with E-state index in [1.54, 1.807) is 4.57 Å². The molecular weight excluding hydrogens is 328 g/mol. The summed E-state index contributed by atoms with van der Waals surface area (Å²) < 4.78 is 1.75. The summed E-state index contributed by atoms with van der Waals surface area (Å²) in [5.41, 5.74) is 2.28. The van der Waals surface area contributed by atoms with Crippen LogP contribution in [0.25, 0.3) is 21.8 Å². The van der Waals surface area contributed by atoms with Gasteiger partial charge in [-0.1, -0.05) is 37.5 Å². The normalized spacial score (nSPS) is 15.6. The molecule has 1 amide bonds. The zero-order valence-electron chi connectivity index (χ0n) is 15.0. The molecule has 0 atom stereocenters. The van der Waals surface area contributed by atoms with Crippen molar-refractivity contribution in [3.8, 4) is 0 Å². The zero-order chi connectivity index (χ0) is 18.1. The molecule has 0 radical (unpaired) electrons. The highest BCUT2D eigenvalue weighted by Gasteiger charge is 2.21. The number of hydrogen-bond donors (Lipinski definition) is 2. The lowest BCUT2D eigenvalue weighted by Crippen LogP contribution is -2.35. The first-order chi connectivity index (χ1) is 12.7. The summed E-state index contributed by atoms with van der Waals surface area (Å²) in [6, 6.07) is 7.79. The van der Waals surface area contributed by atoms with E-state index < -0.39 is 0 Å². The fourth-order valence-corrected chi connectivity index (χ4v) is 4.06. The monoisotopic (exact) mass is 352 g/mol. The molecule has 1 aliphatic carbocycles. The smallest absolute Gasteiger partial charge is 0.262 e. The lowest BCUT2D eigenvalue weighted by atomic mass is 9.89. The molecule has 0 spiro atoms. The van der Waals surface area contributed by atoms with Crippen LogP contribution in [0.1, 0.15) is 37.8 Å². The average molecular weight is 352 g/mol. The minimum absolute atomic E-state index is 0.0585. The van der Waals surface area contributed by atoms with Crippen LogP contribution < -0.4 is 10.9 Å². The number of carbonyl (C=O) groups is 1. The largest absolute Gasteiger partial charge is 0.354 e. The minimum atomic E-state index is -0.0585. The Balaban J connectivity index is 1.61. The van der Waals surface area contributed by atoms with Gasteiger partial charge in [-0.05, 0) is 25.8 Å². The number of amides is 1. The van der Waals surface area contributed by atoms with Crippen LogP contribution in [0.15, 0.2) is 29.1 Å². The molecule has 6 heteroatoms. The van der Waals surface area contributed by atoms with E-state index >= 15 is 0 Å². The molecule has 4 rings (SSSR count). The van der Waals surface area contributed by atoms with Crippen molar-refractivity contribution in [3.63, 3.8) is 0 Å². The van der Waals surface area contributed by atoms with Crippen LogP contribution in [0.5, 0.6) is 0 Å². The number of aromatic nitrogens is 3. The number of hydrogen-bond acceptors (Lipinski definition) is 3. The quantitative estimate of drug-likeness (QED) is 0.758. The summed E-state index contributed by atoms with van der Waals surface area (Å²) in [6.45, 7) is 2.78. The van der Waals surface area contributed by atoms with Gasteiger partial charge in [0.2, 0.25) is 5.91 Å². The third kappa shape index (κ3) is 2.89. The summed E-state index contributed by atoms with van der Waals surface area (Å²) in [5.74, 6) is 0.262. The highest BCUT2D eigenvalue weighted by Crippen LogP contribution is 2.24. The van der Waals surface area contributed by atoms with E-state index in [1.807, 2.05) is 31.2 Å². The van der Waals surface area contributed by atoms with Gasteiger partial charge in [0.25, 0.3) is 5.56 Å². The minimum Gasteiger partial charge on any atom is -0.354 e. The van der Waals surface area contributed by atoms with Gasteiger partial charge in [0, 0.05) is 30.1 Å². The molecule has 0 saturated heterocycles. The maximum absolute atomic E-state index is 13.0. The number of para-hydroxylation sites is 1. The van der Waals surface area contributed by atoms with Crippen LogP contribution in [-0.2, 0) is 11.3 Å². The van der Waals surface area contributed by atoms with Crippen molar-refractivity contribution >= 4 is 27.7 Å². The lowest BCUT2D eigenvalue weighted by molar-refractivity contribution is -0.125. The van der Waals surface area contributed by atoms with Crippen LogP contribution in [0, 0.1) is 12.8 Å².